The molecular weight excluding hydrogens is 506 g/mol. The molecule has 0 bridgehead atoms. The molecule has 12 nitrogen and oxygen atoms in total. The predicted octanol–water partition coefficient (Wildman–Crippen LogP) is 1.28. The Morgan fingerprint density at radius 2 is 2.21 bits per heavy atom. The summed E-state index contributed by atoms with van der Waals surface area (Å²) in [7, 11) is 1.24. The van der Waals surface area contributed by atoms with E-state index in [1.54, 1.807) is 12.1 Å². The summed E-state index contributed by atoms with van der Waals surface area (Å²) in [5.74, 6) is -2.30. The third kappa shape index (κ3) is 4.26. The van der Waals surface area contributed by atoms with Crippen LogP contribution in [0.2, 0.25) is 4.34 Å². The second-order valence-corrected chi connectivity index (χ2v) is 9.90. The maximum absolute atomic E-state index is 12.9. The topological polar surface area (TPSA) is 186 Å². The molecule has 0 saturated carbocycles. The second-order valence-electron chi connectivity index (χ2n) is 7.13. The number of pyridine rings is 1. The van der Waals surface area contributed by atoms with Crippen LogP contribution in [0.25, 0.3) is 0 Å². The molecule has 0 spiro atoms. The molecule has 2 aromatic heterocycles. The van der Waals surface area contributed by atoms with Gasteiger partial charge in [0, 0.05) is 11.1 Å². The predicted molar refractivity (Wildman–Crippen MR) is 126 cm³/mol. The van der Waals surface area contributed by atoms with Crippen LogP contribution in [0, 0.1) is 0 Å². The van der Waals surface area contributed by atoms with Gasteiger partial charge in [0.25, 0.3) is 11.8 Å². The number of thioether (sulfide) groups is 1. The highest BCUT2D eigenvalue weighted by atomic mass is 35.5. The first-order chi connectivity index (χ1) is 16.2. The number of aliphatic carboxylic acids is 1. The number of β-lactam (4-membered cyclic amide) rings is 1. The van der Waals surface area contributed by atoms with Crippen molar-refractivity contribution in [2.24, 2.45) is 5.16 Å². The minimum atomic E-state index is -1.25. The maximum Gasteiger partial charge on any atom is 0.353 e. The lowest BCUT2D eigenvalue weighted by molar-refractivity contribution is -0.155. The van der Waals surface area contributed by atoms with Crippen LogP contribution < -0.4 is 16.8 Å². The van der Waals surface area contributed by atoms with E-state index in [2.05, 4.69) is 20.4 Å². The number of nitrogen functional groups attached to an aromatic ring is 2. The van der Waals surface area contributed by atoms with Gasteiger partial charge in [-0.2, -0.15) is 0 Å². The number of anilines is 2. The number of hydrogen-bond acceptors (Lipinski definition) is 11. The van der Waals surface area contributed by atoms with Gasteiger partial charge in [-0.1, -0.05) is 39.9 Å². The van der Waals surface area contributed by atoms with E-state index < -0.39 is 29.9 Å². The largest absolute Gasteiger partial charge is 0.477 e. The maximum atomic E-state index is 12.9. The summed E-state index contributed by atoms with van der Waals surface area (Å²) < 4.78 is 0.134. The third-order valence-corrected chi connectivity index (χ3v) is 7.43. The molecule has 0 aromatic carbocycles. The Balaban J connectivity index is 1.56. The first-order valence-electron chi connectivity index (χ1n) is 9.75. The first kappa shape index (κ1) is 23.8. The molecule has 6 N–H and O–H groups in total. The monoisotopic (exact) mass is 523 g/mol. The van der Waals surface area contributed by atoms with Gasteiger partial charge in [-0.25, -0.2) is 14.8 Å². The SMILES string of the molecule is CON=C(C(=O)NC1C(=O)N2C(C(=O)O)=C(Sc3cccnc3N)CCC12)c1nc(N)sc1Cl. The van der Waals surface area contributed by atoms with Crippen molar-refractivity contribution >= 4 is 69.1 Å². The molecule has 178 valence electrons. The number of nitrogens with one attached hydrogen (secondary N) is 1. The zero-order valence-corrected chi connectivity index (χ0v) is 19.9. The highest BCUT2D eigenvalue weighted by Gasteiger charge is 2.54. The average Bonchev–Trinajstić information content (AvgIpc) is 3.13. The van der Waals surface area contributed by atoms with Crippen molar-refractivity contribution < 1.29 is 24.3 Å². The normalized spacial score (nSPS) is 20.0. The second kappa shape index (κ2) is 9.48. The molecule has 1 fully saturated rings. The van der Waals surface area contributed by atoms with E-state index in [9.17, 15) is 19.5 Å². The number of fused-ring (bicyclic) bond motifs is 1. The molecule has 1 saturated heterocycles. The third-order valence-electron chi connectivity index (χ3n) is 5.14. The number of amides is 2. The van der Waals surface area contributed by atoms with Crippen LogP contribution in [-0.2, 0) is 19.2 Å². The van der Waals surface area contributed by atoms with Crippen molar-refractivity contribution in [2.75, 3.05) is 18.6 Å². The molecular formula is C19H18ClN7O5S2. The van der Waals surface area contributed by atoms with Gasteiger partial charge < -0.3 is 26.7 Å². The molecule has 2 unspecified atom stereocenters. The fraction of sp³-hybridized carbons (Fsp3) is 0.263. The van der Waals surface area contributed by atoms with Crippen LogP contribution in [0.5, 0.6) is 0 Å². The van der Waals surface area contributed by atoms with E-state index in [-0.39, 0.29) is 32.4 Å². The van der Waals surface area contributed by atoms with Crippen LogP contribution in [0.3, 0.4) is 0 Å². The lowest BCUT2D eigenvalue weighted by Crippen LogP contribution is -2.72. The Bertz CT molecular complexity index is 1250. The number of hydrogen-bond donors (Lipinski definition) is 4. The molecule has 15 heteroatoms. The summed E-state index contributed by atoms with van der Waals surface area (Å²) >= 11 is 8.20. The Hall–Kier alpha value is -3.36. The minimum absolute atomic E-state index is 0.0228. The number of allylic oxidation sites excluding steroid dienone is 1. The Kier molecular flexibility index (Phi) is 6.63. The number of carboxylic acids is 1. The summed E-state index contributed by atoms with van der Waals surface area (Å²) in [4.78, 5) is 52.9. The van der Waals surface area contributed by atoms with E-state index in [0.717, 1.165) is 23.1 Å². The number of carbonyl (C=O) groups excluding carboxylic acids is 2. The highest BCUT2D eigenvalue weighted by Crippen LogP contribution is 2.44. The Labute approximate surface area is 206 Å². The van der Waals surface area contributed by atoms with Gasteiger partial charge in [0.05, 0.1) is 10.9 Å². The summed E-state index contributed by atoms with van der Waals surface area (Å²) in [5, 5.41) is 16.2. The fourth-order valence-electron chi connectivity index (χ4n) is 3.71. The van der Waals surface area contributed by atoms with Gasteiger partial charge in [-0.05, 0) is 25.0 Å². The van der Waals surface area contributed by atoms with Crippen LogP contribution in [0.1, 0.15) is 18.5 Å². The van der Waals surface area contributed by atoms with E-state index in [1.807, 2.05) is 0 Å². The van der Waals surface area contributed by atoms with Crippen LogP contribution in [0.15, 0.2) is 39.0 Å². The molecule has 4 heterocycles. The zero-order valence-electron chi connectivity index (χ0n) is 17.5. The van der Waals surface area contributed by atoms with Crippen molar-refractivity contribution in [2.45, 2.75) is 29.8 Å². The summed E-state index contributed by atoms with van der Waals surface area (Å²) in [6.45, 7) is 0. The van der Waals surface area contributed by atoms with E-state index in [1.165, 1.54) is 18.2 Å². The van der Waals surface area contributed by atoms with Gasteiger partial charge in [-0.3, -0.25) is 14.5 Å². The van der Waals surface area contributed by atoms with Gasteiger partial charge in [0.1, 0.15) is 34.7 Å². The average molecular weight is 524 g/mol. The Morgan fingerprint density at radius 1 is 1.44 bits per heavy atom. The van der Waals surface area contributed by atoms with E-state index in [0.29, 0.717) is 22.6 Å². The van der Waals surface area contributed by atoms with Gasteiger partial charge in [0.2, 0.25) is 0 Å². The molecule has 2 aliphatic rings. The standard InChI is InChI=1S/C19H18ClN7O5S2/c1-32-26-12(11-14(20)34-19(22)25-11)16(28)24-10-7-4-5-8(13(18(30)31)27(7)17(10)29)33-9-3-2-6-23-15(9)21/h2-3,6-7,10H,4-5H2,1H3,(H2,21,23)(H2,22,25)(H,24,28)(H,30,31). The lowest BCUT2D eigenvalue weighted by atomic mass is 9.86. The Morgan fingerprint density at radius 3 is 2.82 bits per heavy atom. The number of halogens is 1. The lowest BCUT2D eigenvalue weighted by Gasteiger charge is -2.50. The minimum Gasteiger partial charge on any atom is -0.477 e. The fourth-order valence-corrected chi connectivity index (χ4v) is 5.71. The van der Waals surface area contributed by atoms with Gasteiger partial charge in [0.15, 0.2) is 10.8 Å². The number of oxime groups is 1. The number of aromatic nitrogens is 2. The number of carboxylic acid groups (broad SMARTS) is 1. The van der Waals surface area contributed by atoms with Crippen molar-refractivity contribution in [1.82, 2.24) is 20.2 Å². The van der Waals surface area contributed by atoms with Crippen molar-refractivity contribution in [1.29, 1.82) is 0 Å². The number of thiazole rings is 1. The van der Waals surface area contributed by atoms with Crippen LogP contribution in [-0.4, -0.2) is 62.7 Å². The molecule has 2 aliphatic heterocycles. The molecule has 0 aliphatic carbocycles. The molecule has 2 amide bonds. The van der Waals surface area contributed by atoms with Crippen LogP contribution in [0.4, 0.5) is 10.9 Å². The number of carbonyl (C=O) groups is 3. The highest BCUT2D eigenvalue weighted by molar-refractivity contribution is 8.03. The first-order valence-corrected chi connectivity index (χ1v) is 11.8. The molecule has 34 heavy (non-hydrogen) atoms. The summed E-state index contributed by atoms with van der Waals surface area (Å²) in [5.41, 5.74) is 11.2. The summed E-state index contributed by atoms with van der Waals surface area (Å²) in [6.07, 6.45) is 2.33. The van der Waals surface area contributed by atoms with E-state index >= 15 is 0 Å². The number of rotatable bonds is 7. The molecule has 2 aromatic rings. The number of nitrogens with zero attached hydrogens (tertiary/aromatic N) is 4. The quantitative estimate of drug-likeness (QED) is 0.234. The molecule has 2 atom stereocenters. The van der Waals surface area contributed by atoms with Crippen LogP contribution >= 0.6 is 34.7 Å². The van der Waals surface area contributed by atoms with Crippen molar-refractivity contribution in [3.63, 3.8) is 0 Å². The molecule has 0 radical (unpaired) electrons. The van der Waals surface area contributed by atoms with E-state index in [4.69, 9.17) is 27.9 Å². The smallest absolute Gasteiger partial charge is 0.353 e. The zero-order chi connectivity index (χ0) is 24.6. The number of nitrogens with two attached hydrogens (primary N) is 2. The molecule has 4 rings (SSSR count). The van der Waals surface area contributed by atoms with Gasteiger partial charge in [-0.15, -0.1) is 0 Å². The van der Waals surface area contributed by atoms with Gasteiger partial charge >= 0.3 is 5.97 Å². The van der Waals surface area contributed by atoms with Crippen molar-refractivity contribution in [3.05, 3.63) is 39.0 Å². The van der Waals surface area contributed by atoms with Crippen molar-refractivity contribution in [3.8, 4) is 0 Å². The summed E-state index contributed by atoms with van der Waals surface area (Å²) in [6, 6.07) is 1.92.